The van der Waals surface area contributed by atoms with E-state index >= 15 is 0 Å². The van der Waals surface area contributed by atoms with Gasteiger partial charge in [0.05, 0.1) is 22.9 Å². The summed E-state index contributed by atoms with van der Waals surface area (Å²) in [6.07, 6.45) is 0. The third kappa shape index (κ3) is 4.37. The Kier molecular flexibility index (Phi) is 5.47. The van der Waals surface area contributed by atoms with E-state index in [1.165, 1.54) is 11.3 Å². The van der Waals surface area contributed by atoms with Gasteiger partial charge in [0.1, 0.15) is 18.1 Å². The molecule has 0 fully saturated rings. The van der Waals surface area contributed by atoms with Crippen LogP contribution in [0.3, 0.4) is 0 Å². The SMILES string of the molecule is COc1ccc(OCCN(C)C(=O)c2ccc(Cl)s2)cc1. The Balaban J connectivity index is 1.80. The zero-order chi connectivity index (χ0) is 15.2. The second-order valence-electron chi connectivity index (χ2n) is 4.35. The van der Waals surface area contributed by atoms with Crippen LogP contribution in [0.1, 0.15) is 9.67 Å². The summed E-state index contributed by atoms with van der Waals surface area (Å²) in [7, 11) is 3.36. The van der Waals surface area contributed by atoms with Crippen molar-refractivity contribution in [1.29, 1.82) is 0 Å². The van der Waals surface area contributed by atoms with Crippen LogP contribution in [0, 0.1) is 0 Å². The van der Waals surface area contributed by atoms with Gasteiger partial charge in [0.25, 0.3) is 5.91 Å². The van der Waals surface area contributed by atoms with Gasteiger partial charge in [-0.15, -0.1) is 11.3 Å². The van der Waals surface area contributed by atoms with Crippen molar-refractivity contribution in [2.45, 2.75) is 0 Å². The first-order valence-electron chi connectivity index (χ1n) is 6.38. The van der Waals surface area contributed by atoms with Crippen LogP contribution in [-0.4, -0.2) is 38.1 Å². The number of methoxy groups -OCH3 is 1. The van der Waals surface area contributed by atoms with Gasteiger partial charge in [0.15, 0.2) is 0 Å². The first-order chi connectivity index (χ1) is 10.1. The molecular formula is C15H16ClNO3S. The lowest BCUT2D eigenvalue weighted by molar-refractivity contribution is 0.0778. The smallest absolute Gasteiger partial charge is 0.263 e. The predicted molar refractivity (Wildman–Crippen MR) is 84.8 cm³/mol. The van der Waals surface area contributed by atoms with Crippen LogP contribution in [0.4, 0.5) is 0 Å². The van der Waals surface area contributed by atoms with Gasteiger partial charge < -0.3 is 14.4 Å². The number of carbonyl (C=O) groups excluding carboxylic acids is 1. The summed E-state index contributed by atoms with van der Waals surface area (Å²) in [4.78, 5) is 14.3. The highest BCUT2D eigenvalue weighted by atomic mass is 35.5. The largest absolute Gasteiger partial charge is 0.497 e. The van der Waals surface area contributed by atoms with E-state index in [2.05, 4.69) is 0 Å². The summed E-state index contributed by atoms with van der Waals surface area (Å²) >= 11 is 7.11. The highest BCUT2D eigenvalue weighted by Gasteiger charge is 2.13. The van der Waals surface area contributed by atoms with Crippen molar-refractivity contribution in [2.75, 3.05) is 27.3 Å². The van der Waals surface area contributed by atoms with Gasteiger partial charge in [0.2, 0.25) is 0 Å². The van der Waals surface area contributed by atoms with E-state index in [1.807, 2.05) is 24.3 Å². The molecule has 2 rings (SSSR count). The monoisotopic (exact) mass is 325 g/mol. The summed E-state index contributed by atoms with van der Waals surface area (Å²) < 4.78 is 11.3. The molecule has 112 valence electrons. The normalized spacial score (nSPS) is 10.2. The molecule has 2 aromatic rings. The number of nitrogens with zero attached hydrogens (tertiary/aromatic N) is 1. The third-order valence-electron chi connectivity index (χ3n) is 2.89. The van der Waals surface area contributed by atoms with Crippen LogP contribution in [-0.2, 0) is 0 Å². The van der Waals surface area contributed by atoms with Gasteiger partial charge in [-0.3, -0.25) is 4.79 Å². The summed E-state index contributed by atoms with van der Waals surface area (Å²) in [5, 5.41) is 0. The molecule has 0 aliphatic rings. The molecule has 0 bridgehead atoms. The molecule has 0 N–H and O–H groups in total. The van der Waals surface area contributed by atoms with Crippen LogP contribution in [0.2, 0.25) is 4.34 Å². The number of amides is 1. The first-order valence-corrected chi connectivity index (χ1v) is 7.57. The second kappa shape index (κ2) is 7.33. The molecule has 0 radical (unpaired) electrons. The average Bonchev–Trinajstić information content (AvgIpc) is 2.93. The zero-order valence-corrected chi connectivity index (χ0v) is 13.4. The number of hydrogen-bond acceptors (Lipinski definition) is 4. The Hall–Kier alpha value is -1.72. The van der Waals surface area contributed by atoms with Gasteiger partial charge in [-0.05, 0) is 36.4 Å². The molecule has 0 spiro atoms. The van der Waals surface area contributed by atoms with Crippen molar-refractivity contribution in [3.8, 4) is 11.5 Å². The maximum atomic E-state index is 12.1. The maximum Gasteiger partial charge on any atom is 0.263 e. The average molecular weight is 326 g/mol. The van der Waals surface area contributed by atoms with Gasteiger partial charge >= 0.3 is 0 Å². The second-order valence-corrected chi connectivity index (χ2v) is 6.07. The molecule has 1 aromatic carbocycles. The van der Waals surface area contributed by atoms with Crippen molar-refractivity contribution in [2.24, 2.45) is 0 Å². The predicted octanol–water partition coefficient (Wildman–Crippen LogP) is 3.56. The highest BCUT2D eigenvalue weighted by molar-refractivity contribution is 7.17. The van der Waals surface area contributed by atoms with E-state index in [1.54, 1.807) is 31.2 Å². The zero-order valence-electron chi connectivity index (χ0n) is 11.8. The van der Waals surface area contributed by atoms with Crippen molar-refractivity contribution >= 4 is 28.8 Å². The van der Waals surface area contributed by atoms with Crippen LogP contribution in [0.25, 0.3) is 0 Å². The van der Waals surface area contributed by atoms with E-state index in [4.69, 9.17) is 21.1 Å². The number of ether oxygens (including phenoxy) is 2. The van der Waals surface area contributed by atoms with Crippen LogP contribution in [0.5, 0.6) is 11.5 Å². The van der Waals surface area contributed by atoms with E-state index in [0.29, 0.717) is 22.4 Å². The fourth-order valence-electron chi connectivity index (χ4n) is 1.69. The number of rotatable bonds is 6. The Morgan fingerprint density at radius 3 is 2.43 bits per heavy atom. The van der Waals surface area contributed by atoms with Crippen molar-refractivity contribution in [1.82, 2.24) is 4.90 Å². The number of halogens is 1. The highest BCUT2D eigenvalue weighted by Crippen LogP contribution is 2.22. The van der Waals surface area contributed by atoms with Gasteiger partial charge in [-0.1, -0.05) is 11.6 Å². The standard InChI is InChI=1S/C15H16ClNO3S/c1-17(15(18)13-7-8-14(16)21-13)9-10-20-12-5-3-11(19-2)4-6-12/h3-8H,9-10H2,1-2H3. The Morgan fingerprint density at radius 2 is 1.86 bits per heavy atom. The molecule has 0 atom stereocenters. The molecule has 0 saturated heterocycles. The molecule has 0 aliphatic carbocycles. The molecule has 1 aromatic heterocycles. The molecule has 1 amide bonds. The van der Waals surface area contributed by atoms with E-state index in [0.717, 1.165) is 11.5 Å². The number of hydrogen-bond donors (Lipinski definition) is 0. The molecule has 0 saturated carbocycles. The fraction of sp³-hybridized carbons (Fsp3) is 0.267. The minimum Gasteiger partial charge on any atom is -0.497 e. The van der Waals surface area contributed by atoms with E-state index in [9.17, 15) is 4.79 Å². The van der Waals surface area contributed by atoms with E-state index in [-0.39, 0.29) is 5.91 Å². The summed E-state index contributed by atoms with van der Waals surface area (Å²) in [5.41, 5.74) is 0. The Labute approximate surface area is 132 Å². The van der Waals surface area contributed by atoms with Crippen LogP contribution >= 0.6 is 22.9 Å². The maximum absolute atomic E-state index is 12.1. The molecule has 6 heteroatoms. The Morgan fingerprint density at radius 1 is 1.19 bits per heavy atom. The lowest BCUT2D eigenvalue weighted by atomic mass is 10.3. The molecule has 0 aliphatic heterocycles. The topological polar surface area (TPSA) is 38.8 Å². The number of benzene rings is 1. The van der Waals surface area contributed by atoms with Gasteiger partial charge in [-0.25, -0.2) is 0 Å². The number of likely N-dealkylation sites (N-methyl/N-ethyl adjacent to an activating group) is 1. The quantitative estimate of drug-likeness (QED) is 0.815. The molecule has 1 heterocycles. The van der Waals surface area contributed by atoms with Crippen LogP contribution < -0.4 is 9.47 Å². The number of carbonyl (C=O) groups is 1. The fourth-order valence-corrected chi connectivity index (χ4v) is 2.73. The summed E-state index contributed by atoms with van der Waals surface area (Å²) in [6.45, 7) is 0.925. The summed E-state index contributed by atoms with van der Waals surface area (Å²) in [5.74, 6) is 1.48. The van der Waals surface area contributed by atoms with Crippen molar-refractivity contribution < 1.29 is 14.3 Å². The lowest BCUT2D eigenvalue weighted by Crippen LogP contribution is -2.30. The minimum atomic E-state index is -0.0507. The first kappa shape index (κ1) is 15.7. The molecule has 21 heavy (non-hydrogen) atoms. The van der Waals surface area contributed by atoms with Crippen LogP contribution in [0.15, 0.2) is 36.4 Å². The summed E-state index contributed by atoms with van der Waals surface area (Å²) in [6, 6.07) is 10.8. The van der Waals surface area contributed by atoms with Gasteiger partial charge in [-0.2, -0.15) is 0 Å². The van der Waals surface area contributed by atoms with Crippen molar-refractivity contribution in [3.05, 3.63) is 45.6 Å². The number of thiophene rings is 1. The van der Waals surface area contributed by atoms with Crippen molar-refractivity contribution in [3.63, 3.8) is 0 Å². The molecule has 0 unspecified atom stereocenters. The minimum absolute atomic E-state index is 0.0507. The Bertz CT molecular complexity index is 597. The molecule has 4 nitrogen and oxygen atoms in total. The third-order valence-corrected chi connectivity index (χ3v) is 4.10. The van der Waals surface area contributed by atoms with E-state index < -0.39 is 0 Å². The molecular weight excluding hydrogens is 310 g/mol. The van der Waals surface area contributed by atoms with Gasteiger partial charge in [0, 0.05) is 7.05 Å². The lowest BCUT2D eigenvalue weighted by Gasteiger charge is -2.16.